The summed E-state index contributed by atoms with van der Waals surface area (Å²) in [6, 6.07) is 21.4. The Bertz CT molecular complexity index is 2500. The minimum atomic E-state index is 0.0160. The quantitative estimate of drug-likeness (QED) is 0.0443. The van der Waals surface area contributed by atoms with E-state index < -0.39 is 0 Å². The smallest absolute Gasteiger partial charge is 0.195 e. The third-order valence-corrected chi connectivity index (χ3v) is 14.7. The molecule has 324 valence electrons. The molecule has 63 heavy (non-hydrogen) atoms. The van der Waals surface area contributed by atoms with Gasteiger partial charge < -0.3 is 4.90 Å². The first-order chi connectivity index (χ1) is 30.5. The summed E-state index contributed by atoms with van der Waals surface area (Å²) >= 11 is 0. The van der Waals surface area contributed by atoms with Gasteiger partial charge in [0, 0.05) is 28.8 Å². The Morgan fingerprint density at radius 1 is 0.841 bits per heavy atom. The molecule has 2 unspecified atom stereocenters. The molecule has 3 aromatic carbocycles. The molecule has 0 amide bonds. The number of unbranched alkanes of at least 4 members (excludes halogenated alkanes) is 1. The standard InChI is InChI=1S/C61H72BN/c1-11-14-16-23-42(4)47(12-2)34-32-45(7)63(46(8)33-35-48(13-3)43(5)24-21-25-44(6)49-26-17-15-18-27-49)51-38-36-50(37-39-51)52-29-22-30-53-54-40-41-57-58(60(54)62-59(52)53)55-28-19-20-31-56(55)61(57,9)10/h11-12,15,17,19-26,28-33,35-36,40-41,44,47,51,62H,1-2,13-14,16,18,27,34,37-39H2,3-10H3/b25-21-,42-23+,43-24+,45-32+,46-33+,48-35+/t44?,47-,51?/m1/s1. The van der Waals surface area contributed by atoms with Gasteiger partial charge in [0.25, 0.3) is 0 Å². The summed E-state index contributed by atoms with van der Waals surface area (Å²) in [6.45, 7) is 26.7. The van der Waals surface area contributed by atoms with Gasteiger partial charge in [0.15, 0.2) is 7.28 Å². The van der Waals surface area contributed by atoms with Crippen LogP contribution < -0.4 is 10.9 Å². The van der Waals surface area contributed by atoms with Crippen LogP contribution in [0.1, 0.15) is 130 Å². The van der Waals surface area contributed by atoms with E-state index >= 15 is 0 Å². The first-order valence-corrected chi connectivity index (χ1v) is 24.0. The van der Waals surface area contributed by atoms with Crippen LogP contribution in [-0.2, 0) is 5.41 Å². The number of fused-ring (bicyclic) bond motifs is 7. The summed E-state index contributed by atoms with van der Waals surface area (Å²) < 4.78 is 0. The summed E-state index contributed by atoms with van der Waals surface area (Å²) in [5.41, 5.74) is 22.9. The second-order valence-corrected chi connectivity index (χ2v) is 19.0. The van der Waals surface area contributed by atoms with E-state index in [1.54, 1.807) is 0 Å². The minimum absolute atomic E-state index is 0.0160. The van der Waals surface area contributed by atoms with E-state index in [2.05, 4.69) is 201 Å². The summed E-state index contributed by atoms with van der Waals surface area (Å²) in [6.07, 6.45) is 39.5. The molecule has 0 fully saturated rings. The molecule has 1 nitrogen and oxygen atoms in total. The number of benzene rings is 3. The van der Waals surface area contributed by atoms with E-state index in [-0.39, 0.29) is 5.41 Å². The maximum absolute atomic E-state index is 4.25. The average molecular weight is 830 g/mol. The van der Waals surface area contributed by atoms with E-state index in [0.717, 1.165) is 65.1 Å². The summed E-state index contributed by atoms with van der Waals surface area (Å²) in [7, 11) is 1.00. The van der Waals surface area contributed by atoms with E-state index in [1.165, 1.54) is 89.1 Å². The lowest BCUT2D eigenvalue weighted by Crippen LogP contribution is -2.34. The molecular formula is C61H72BN. The molecule has 0 radical (unpaired) electrons. The Morgan fingerprint density at radius 2 is 1.62 bits per heavy atom. The molecule has 7 rings (SSSR count). The molecule has 0 saturated carbocycles. The fraction of sp³-hybridized carbons (Fsp3) is 0.344. The first kappa shape index (κ1) is 45.7. The van der Waals surface area contributed by atoms with E-state index in [1.807, 2.05) is 6.08 Å². The topological polar surface area (TPSA) is 3.24 Å². The molecule has 3 atom stereocenters. The second kappa shape index (κ2) is 20.4. The molecule has 3 aromatic rings. The van der Waals surface area contributed by atoms with Crippen molar-refractivity contribution in [3.8, 4) is 22.3 Å². The van der Waals surface area contributed by atoms with Crippen LogP contribution in [-0.4, -0.2) is 18.2 Å². The molecule has 0 saturated heterocycles. The number of rotatable bonds is 17. The van der Waals surface area contributed by atoms with Crippen LogP contribution in [0.25, 0.3) is 27.8 Å². The van der Waals surface area contributed by atoms with Gasteiger partial charge in [0.2, 0.25) is 0 Å². The second-order valence-electron chi connectivity index (χ2n) is 19.0. The summed E-state index contributed by atoms with van der Waals surface area (Å²) in [5, 5.41) is 0. The van der Waals surface area contributed by atoms with Crippen molar-refractivity contribution in [1.82, 2.24) is 4.90 Å². The molecular weight excluding hydrogens is 757 g/mol. The van der Waals surface area contributed by atoms with Crippen LogP contribution >= 0.6 is 0 Å². The van der Waals surface area contributed by atoms with Crippen LogP contribution in [0.4, 0.5) is 0 Å². The Morgan fingerprint density at radius 3 is 2.35 bits per heavy atom. The normalized spacial score (nSPS) is 19.4. The molecule has 3 aliphatic carbocycles. The highest BCUT2D eigenvalue weighted by molar-refractivity contribution is 6.75. The third kappa shape index (κ3) is 9.77. The number of nitrogens with zero attached hydrogens (tertiary/aromatic N) is 1. The van der Waals surface area contributed by atoms with Crippen molar-refractivity contribution in [3.63, 3.8) is 0 Å². The van der Waals surface area contributed by atoms with Crippen molar-refractivity contribution in [2.75, 3.05) is 0 Å². The third-order valence-electron chi connectivity index (χ3n) is 14.7. The number of allylic oxidation sites excluding steroid dienone is 19. The first-order valence-electron chi connectivity index (χ1n) is 24.0. The summed E-state index contributed by atoms with van der Waals surface area (Å²) in [5.74, 6) is 0.779. The minimum Gasteiger partial charge on any atom is -0.346 e. The molecule has 0 bridgehead atoms. The van der Waals surface area contributed by atoms with Gasteiger partial charge in [-0.25, -0.2) is 0 Å². The van der Waals surface area contributed by atoms with E-state index in [4.69, 9.17) is 0 Å². The van der Waals surface area contributed by atoms with Gasteiger partial charge in [-0.2, -0.15) is 0 Å². The van der Waals surface area contributed by atoms with Gasteiger partial charge in [0.1, 0.15) is 0 Å². The van der Waals surface area contributed by atoms with Crippen LogP contribution in [0, 0.1) is 11.8 Å². The molecule has 1 aliphatic heterocycles. The maximum Gasteiger partial charge on any atom is 0.195 e. The molecule has 0 spiro atoms. The highest BCUT2D eigenvalue weighted by Crippen LogP contribution is 2.49. The predicted molar refractivity (Wildman–Crippen MR) is 279 cm³/mol. The van der Waals surface area contributed by atoms with Crippen LogP contribution in [0.15, 0.2) is 180 Å². The highest BCUT2D eigenvalue weighted by Gasteiger charge is 2.39. The van der Waals surface area contributed by atoms with Crippen LogP contribution in [0.2, 0.25) is 0 Å². The van der Waals surface area contributed by atoms with Crippen molar-refractivity contribution in [3.05, 3.63) is 197 Å². The maximum atomic E-state index is 4.25. The number of hydrogen-bond acceptors (Lipinski definition) is 1. The van der Waals surface area contributed by atoms with Gasteiger partial charge in [-0.15, -0.1) is 13.2 Å². The fourth-order valence-electron chi connectivity index (χ4n) is 10.8. The highest BCUT2D eigenvalue weighted by atomic mass is 15.2. The largest absolute Gasteiger partial charge is 0.346 e. The molecule has 1 heterocycles. The SMILES string of the molecule is C=CCC/C=C(\C)[C@H](C=C)C/C=C(\C)N(/C(C)=C/C=C(CC)/C(C)=C/C=C\C(C)C1=CC=CCC1)C1CC=C(c2cccc3c2Bc2c-3ccc3c2-c2ccccc2C3(C)C)CC1. The molecule has 0 N–H and O–H groups in total. The zero-order valence-corrected chi connectivity index (χ0v) is 39.9. The lowest BCUT2D eigenvalue weighted by molar-refractivity contribution is 0.294. The Labute approximate surface area is 382 Å². The molecule has 0 aromatic heterocycles. The Kier molecular flexibility index (Phi) is 14.8. The Balaban J connectivity index is 1.16. The van der Waals surface area contributed by atoms with E-state index in [0.29, 0.717) is 17.9 Å². The van der Waals surface area contributed by atoms with Crippen LogP contribution in [0.5, 0.6) is 0 Å². The predicted octanol–water partition coefficient (Wildman–Crippen LogP) is 15.3. The average Bonchev–Trinajstić information content (AvgIpc) is 3.79. The van der Waals surface area contributed by atoms with Gasteiger partial charge in [-0.1, -0.05) is 177 Å². The van der Waals surface area contributed by atoms with Gasteiger partial charge in [0.05, 0.1) is 0 Å². The van der Waals surface area contributed by atoms with E-state index in [9.17, 15) is 0 Å². The molecule has 4 aliphatic rings. The molecule has 2 heteroatoms. The fourth-order valence-corrected chi connectivity index (χ4v) is 10.8. The van der Waals surface area contributed by atoms with Gasteiger partial charge in [-0.05, 0) is 153 Å². The van der Waals surface area contributed by atoms with Gasteiger partial charge in [-0.3, -0.25) is 0 Å². The summed E-state index contributed by atoms with van der Waals surface area (Å²) in [4.78, 5) is 2.65. The van der Waals surface area contributed by atoms with Crippen molar-refractivity contribution in [2.45, 2.75) is 125 Å². The van der Waals surface area contributed by atoms with Crippen molar-refractivity contribution in [1.29, 1.82) is 0 Å². The number of hydrogen-bond donors (Lipinski definition) is 0. The van der Waals surface area contributed by atoms with Crippen molar-refractivity contribution in [2.24, 2.45) is 11.8 Å². The lowest BCUT2D eigenvalue weighted by atomic mass is 9.62. The Hall–Kier alpha value is -5.34. The van der Waals surface area contributed by atoms with Crippen molar-refractivity contribution >= 4 is 23.8 Å². The zero-order chi connectivity index (χ0) is 44.7. The van der Waals surface area contributed by atoms with Gasteiger partial charge >= 0.3 is 0 Å². The van der Waals surface area contributed by atoms with Crippen molar-refractivity contribution < 1.29 is 0 Å². The van der Waals surface area contributed by atoms with Crippen LogP contribution in [0.3, 0.4) is 0 Å². The zero-order valence-electron chi connectivity index (χ0n) is 39.9. The monoisotopic (exact) mass is 830 g/mol. The lowest BCUT2D eigenvalue weighted by Gasteiger charge is -2.37.